The molecule has 0 aromatic carbocycles. The van der Waals surface area contributed by atoms with Crippen molar-refractivity contribution in [3.05, 3.63) is 0 Å². The highest BCUT2D eigenvalue weighted by molar-refractivity contribution is 7.84. The van der Waals surface area contributed by atoms with Crippen LogP contribution >= 0.6 is 0 Å². The molecule has 134 valence electrons. The number of rotatable bonds is 10. The second kappa shape index (κ2) is 13.3. The van der Waals surface area contributed by atoms with Crippen LogP contribution in [-0.2, 0) is 10.1 Å². The molecule has 1 aliphatic heterocycles. The third kappa shape index (κ3) is 14.8. The SMILES string of the molecule is CCCCCCCC[NH+]1CCCC1CCCC.CS(=O)(=O)[O-]. The molecule has 1 heterocycles. The van der Waals surface area contributed by atoms with Crippen LogP contribution in [0.5, 0.6) is 0 Å². The largest absolute Gasteiger partial charge is 0.748 e. The Morgan fingerprint density at radius 1 is 1.00 bits per heavy atom. The molecule has 1 N–H and O–H groups in total. The van der Waals surface area contributed by atoms with Crippen LogP contribution in [0, 0.1) is 0 Å². The van der Waals surface area contributed by atoms with E-state index < -0.39 is 10.1 Å². The molecule has 0 amide bonds. The number of nitrogens with one attached hydrogen (secondary N) is 1. The summed E-state index contributed by atoms with van der Waals surface area (Å²) in [6.07, 6.45) is 16.6. The van der Waals surface area contributed by atoms with Gasteiger partial charge in [0.05, 0.1) is 29.2 Å². The summed E-state index contributed by atoms with van der Waals surface area (Å²) in [7, 11) is -3.92. The first-order valence-electron chi connectivity index (χ1n) is 9.13. The van der Waals surface area contributed by atoms with Crippen molar-refractivity contribution in [1.29, 1.82) is 0 Å². The van der Waals surface area contributed by atoms with Gasteiger partial charge in [-0.2, -0.15) is 0 Å². The molecule has 0 aromatic heterocycles. The maximum absolute atomic E-state index is 9.08. The fourth-order valence-corrected chi connectivity index (χ4v) is 3.24. The summed E-state index contributed by atoms with van der Waals surface area (Å²) in [4.78, 5) is 1.94. The first kappa shape index (κ1) is 21.9. The van der Waals surface area contributed by atoms with Gasteiger partial charge in [0.2, 0.25) is 0 Å². The van der Waals surface area contributed by atoms with Crippen LogP contribution in [-0.4, -0.2) is 38.4 Å². The van der Waals surface area contributed by atoms with Gasteiger partial charge in [0.15, 0.2) is 0 Å². The minimum Gasteiger partial charge on any atom is -0.748 e. The van der Waals surface area contributed by atoms with Crippen LogP contribution in [0.1, 0.15) is 84.5 Å². The van der Waals surface area contributed by atoms with E-state index in [0.29, 0.717) is 6.26 Å². The summed E-state index contributed by atoms with van der Waals surface area (Å²) in [6, 6.07) is 1.02. The molecule has 22 heavy (non-hydrogen) atoms. The second-order valence-electron chi connectivity index (χ2n) is 6.61. The van der Waals surface area contributed by atoms with Crippen molar-refractivity contribution in [2.75, 3.05) is 19.3 Å². The third-order valence-corrected chi connectivity index (χ3v) is 4.39. The van der Waals surface area contributed by atoms with Crippen LogP contribution in [0.25, 0.3) is 0 Å². The van der Waals surface area contributed by atoms with Crippen LogP contribution in [0.2, 0.25) is 0 Å². The van der Waals surface area contributed by atoms with Crippen molar-refractivity contribution in [1.82, 2.24) is 0 Å². The Morgan fingerprint density at radius 2 is 1.55 bits per heavy atom. The average Bonchev–Trinajstić information content (AvgIpc) is 2.86. The van der Waals surface area contributed by atoms with Crippen molar-refractivity contribution in [2.45, 2.75) is 90.5 Å². The molecule has 0 aliphatic carbocycles. The van der Waals surface area contributed by atoms with E-state index in [1.807, 2.05) is 4.90 Å². The molecule has 0 radical (unpaired) electrons. The third-order valence-electron chi connectivity index (χ3n) is 4.39. The first-order chi connectivity index (χ1) is 10.4. The van der Waals surface area contributed by atoms with E-state index in [-0.39, 0.29) is 0 Å². The number of quaternary nitrogens is 1. The van der Waals surface area contributed by atoms with Crippen LogP contribution in [0.15, 0.2) is 0 Å². The Kier molecular flexibility index (Phi) is 13.2. The van der Waals surface area contributed by atoms with E-state index in [2.05, 4.69) is 13.8 Å². The van der Waals surface area contributed by atoms with Crippen molar-refractivity contribution in [3.63, 3.8) is 0 Å². The van der Waals surface area contributed by atoms with Crippen LogP contribution in [0.3, 0.4) is 0 Å². The number of unbranched alkanes of at least 4 members (excludes halogenated alkanes) is 6. The zero-order valence-corrected chi connectivity index (χ0v) is 15.7. The predicted octanol–water partition coefficient (Wildman–Crippen LogP) is 2.75. The Morgan fingerprint density at radius 3 is 2.14 bits per heavy atom. The van der Waals surface area contributed by atoms with Gasteiger partial charge in [0.1, 0.15) is 0 Å². The molecule has 2 unspecified atom stereocenters. The van der Waals surface area contributed by atoms with Gasteiger partial charge in [0, 0.05) is 19.1 Å². The highest BCUT2D eigenvalue weighted by Crippen LogP contribution is 2.09. The van der Waals surface area contributed by atoms with Crippen LogP contribution in [0.4, 0.5) is 0 Å². The molecule has 0 saturated carbocycles. The summed E-state index contributed by atoms with van der Waals surface area (Å²) in [5.41, 5.74) is 0. The fourth-order valence-electron chi connectivity index (χ4n) is 3.24. The molecule has 5 heteroatoms. The van der Waals surface area contributed by atoms with Gasteiger partial charge in [-0.15, -0.1) is 0 Å². The fraction of sp³-hybridized carbons (Fsp3) is 1.00. The van der Waals surface area contributed by atoms with Crippen molar-refractivity contribution in [2.24, 2.45) is 0 Å². The zero-order chi connectivity index (χ0) is 16.8. The molecule has 1 aliphatic rings. The standard InChI is InChI=1S/C16H33N.CH4O3S/c1-3-5-7-8-9-10-14-17-15-11-13-16(17)12-6-4-2;1-5(2,3)4/h16H,3-15H2,1-2H3;1H3,(H,2,3,4). The maximum Gasteiger partial charge on any atom is 0.0916 e. The molecule has 0 spiro atoms. The smallest absolute Gasteiger partial charge is 0.0916 e. The predicted molar refractivity (Wildman–Crippen MR) is 92.2 cm³/mol. The minimum atomic E-state index is -3.92. The van der Waals surface area contributed by atoms with Gasteiger partial charge in [-0.3, -0.25) is 0 Å². The molecule has 4 nitrogen and oxygen atoms in total. The highest BCUT2D eigenvalue weighted by atomic mass is 32.2. The summed E-state index contributed by atoms with van der Waals surface area (Å²) < 4.78 is 27.2. The Balaban J connectivity index is 0.000000763. The van der Waals surface area contributed by atoms with Crippen LogP contribution < -0.4 is 4.90 Å². The normalized spacial score (nSPS) is 21.5. The molecule has 1 rings (SSSR count). The summed E-state index contributed by atoms with van der Waals surface area (Å²) in [6.45, 7) is 7.54. The Labute approximate surface area is 138 Å². The number of likely N-dealkylation sites (tertiary alicyclic amines) is 1. The van der Waals surface area contributed by atoms with E-state index in [0.717, 1.165) is 6.04 Å². The van der Waals surface area contributed by atoms with E-state index in [1.165, 1.54) is 83.7 Å². The lowest BCUT2D eigenvalue weighted by Crippen LogP contribution is -3.13. The molecule has 0 bridgehead atoms. The number of hydrogen-bond donors (Lipinski definition) is 1. The molecule has 2 atom stereocenters. The average molecular weight is 336 g/mol. The highest BCUT2D eigenvalue weighted by Gasteiger charge is 2.26. The molecule has 1 saturated heterocycles. The van der Waals surface area contributed by atoms with Gasteiger partial charge >= 0.3 is 0 Å². The maximum atomic E-state index is 9.08. The van der Waals surface area contributed by atoms with Gasteiger partial charge in [-0.05, 0) is 25.7 Å². The molecule has 1 fully saturated rings. The Bertz CT molecular complexity index is 336. The van der Waals surface area contributed by atoms with Crippen molar-refractivity contribution >= 4 is 10.1 Å². The quantitative estimate of drug-likeness (QED) is 0.493. The second-order valence-corrected chi connectivity index (χ2v) is 8.02. The van der Waals surface area contributed by atoms with E-state index >= 15 is 0 Å². The van der Waals surface area contributed by atoms with Gasteiger partial charge in [-0.25, -0.2) is 8.42 Å². The number of hydrogen-bond acceptors (Lipinski definition) is 3. The first-order valence-corrected chi connectivity index (χ1v) is 11.0. The lowest BCUT2D eigenvalue weighted by atomic mass is 10.1. The lowest BCUT2D eigenvalue weighted by molar-refractivity contribution is -0.912. The minimum absolute atomic E-state index is 0.604. The van der Waals surface area contributed by atoms with E-state index in [1.54, 1.807) is 0 Å². The molecular weight excluding hydrogens is 298 g/mol. The van der Waals surface area contributed by atoms with E-state index in [4.69, 9.17) is 13.0 Å². The molecule has 0 aromatic rings. The summed E-state index contributed by atoms with van der Waals surface area (Å²) >= 11 is 0. The van der Waals surface area contributed by atoms with Gasteiger partial charge < -0.3 is 9.45 Å². The van der Waals surface area contributed by atoms with Gasteiger partial charge in [0.25, 0.3) is 0 Å². The topological polar surface area (TPSA) is 61.6 Å². The van der Waals surface area contributed by atoms with Crippen molar-refractivity contribution in [3.8, 4) is 0 Å². The zero-order valence-electron chi connectivity index (χ0n) is 14.9. The van der Waals surface area contributed by atoms with Crippen molar-refractivity contribution < 1.29 is 17.9 Å². The monoisotopic (exact) mass is 335 g/mol. The summed E-state index contributed by atoms with van der Waals surface area (Å²) in [5.74, 6) is 0. The van der Waals surface area contributed by atoms with E-state index in [9.17, 15) is 0 Å². The lowest BCUT2D eigenvalue weighted by Gasteiger charge is -2.21. The Hall–Kier alpha value is -0.130. The summed E-state index contributed by atoms with van der Waals surface area (Å²) in [5, 5.41) is 0. The van der Waals surface area contributed by atoms with Gasteiger partial charge in [-0.1, -0.05) is 46.0 Å². The molecular formula is C17H37NO3S.